The molecule has 0 saturated carbocycles. The first-order valence-electron chi connectivity index (χ1n) is 8.94. The molecule has 0 saturated heterocycles. The SMILES string of the molecule is Cc1ccc(S(=O)(=O)c2ccc(=O)n(CC(=O)Nc3ccc(C)cc3C)n2)cc1. The van der Waals surface area contributed by atoms with E-state index < -0.39 is 27.8 Å². The lowest BCUT2D eigenvalue weighted by Crippen LogP contribution is -2.30. The molecule has 29 heavy (non-hydrogen) atoms. The second kappa shape index (κ2) is 8.00. The Balaban J connectivity index is 1.86. The first-order chi connectivity index (χ1) is 13.7. The number of carbonyl (C=O) groups is 1. The fourth-order valence-corrected chi connectivity index (χ4v) is 3.99. The second-order valence-corrected chi connectivity index (χ2v) is 8.75. The van der Waals surface area contributed by atoms with Gasteiger partial charge in [0.05, 0.1) is 4.90 Å². The van der Waals surface area contributed by atoms with E-state index in [4.69, 9.17) is 0 Å². The molecule has 7 nitrogen and oxygen atoms in total. The van der Waals surface area contributed by atoms with Crippen molar-refractivity contribution in [3.05, 3.63) is 81.6 Å². The average molecular weight is 411 g/mol. The van der Waals surface area contributed by atoms with Gasteiger partial charge in [-0.05, 0) is 50.6 Å². The molecule has 2 aromatic carbocycles. The van der Waals surface area contributed by atoms with Crippen molar-refractivity contribution < 1.29 is 13.2 Å². The van der Waals surface area contributed by atoms with Gasteiger partial charge in [-0.2, -0.15) is 5.10 Å². The Morgan fingerprint density at radius 2 is 1.62 bits per heavy atom. The number of nitrogens with one attached hydrogen (secondary N) is 1. The van der Waals surface area contributed by atoms with Crippen LogP contribution in [0.3, 0.4) is 0 Å². The lowest BCUT2D eigenvalue weighted by Gasteiger charge is -2.11. The van der Waals surface area contributed by atoms with Gasteiger partial charge in [0, 0.05) is 11.8 Å². The Hall–Kier alpha value is -3.26. The summed E-state index contributed by atoms with van der Waals surface area (Å²) < 4.78 is 26.4. The van der Waals surface area contributed by atoms with Crippen LogP contribution in [0, 0.1) is 20.8 Å². The van der Waals surface area contributed by atoms with Crippen LogP contribution in [-0.2, 0) is 21.2 Å². The summed E-state index contributed by atoms with van der Waals surface area (Å²) in [7, 11) is -3.90. The molecule has 0 radical (unpaired) electrons. The molecule has 0 aliphatic carbocycles. The van der Waals surface area contributed by atoms with Crippen molar-refractivity contribution in [3.63, 3.8) is 0 Å². The smallest absolute Gasteiger partial charge is 0.267 e. The van der Waals surface area contributed by atoms with Crippen molar-refractivity contribution >= 4 is 21.4 Å². The van der Waals surface area contributed by atoms with Crippen molar-refractivity contribution in [1.29, 1.82) is 0 Å². The van der Waals surface area contributed by atoms with Gasteiger partial charge < -0.3 is 5.32 Å². The van der Waals surface area contributed by atoms with E-state index in [9.17, 15) is 18.0 Å². The third-order valence-electron chi connectivity index (χ3n) is 4.40. The molecule has 0 spiro atoms. The fourth-order valence-electron chi connectivity index (χ4n) is 2.80. The maximum atomic E-state index is 12.8. The van der Waals surface area contributed by atoms with Crippen LogP contribution in [0.25, 0.3) is 0 Å². The average Bonchev–Trinajstić information content (AvgIpc) is 2.66. The first kappa shape index (κ1) is 20.5. The number of carbonyl (C=O) groups excluding carboxylic acids is 1. The van der Waals surface area contributed by atoms with E-state index >= 15 is 0 Å². The largest absolute Gasteiger partial charge is 0.324 e. The van der Waals surface area contributed by atoms with Gasteiger partial charge in [0.25, 0.3) is 5.56 Å². The Labute approximate surface area is 168 Å². The lowest BCUT2D eigenvalue weighted by molar-refractivity contribution is -0.117. The van der Waals surface area contributed by atoms with Crippen LogP contribution in [0.4, 0.5) is 5.69 Å². The van der Waals surface area contributed by atoms with Crippen molar-refractivity contribution in [2.45, 2.75) is 37.2 Å². The number of rotatable bonds is 5. The number of aromatic nitrogens is 2. The van der Waals surface area contributed by atoms with Crippen LogP contribution in [0.2, 0.25) is 0 Å². The summed E-state index contributed by atoms with van der Waals surface area (Å²) in [5, 5.41) is 6.35. The number of benzene rings is 2. The van der Waals surface area contributed by atoms with E-state index in [1.807, 2.05) is 32.9 Å². The Morgan fingerprint density at radius 1 is 0.966 bits per heavy atom. The molecule has 0 aliphatic rings. The summed E-state index contributed by atoms with van der Waals surface area (Å²) >= 11 is 0. The number of hydrogen-bond donors (Lipinski definition) is 1. The molecule has 1 heterocycles. The number of sulfone groups is 1. The quantitative estimate of drug-likeness (QED) is 0.696. The topological polar surface area (TPSA) is 98.1 Å². The minimum atomic E-state index is -3.90. The molecule has 3 aromatic rings. The summed E-state index contributed by atoms with van der Waals surface area (Å²) in [4.78, 5) is 24.6. The molecule has 3 rings (SSSR count). The molecule has 1 N–H and O–H groups in total. The van der Waals surface area contributed by atoms with Crippen LogP contribution in [-0.4, -0.2) is 24.1 Å². The maximum Gasteiger partial charge on any atom is 0.267 e. The standard InChI is InChI=1S/C21H21N3O4S/c1-14-4-7-17(8-5-14)29(27,28)20-10-11-21(26)24(23-20)13-19(25)22-18-9-6-15(2)12-16(18)3/h4-12H,13H2,1-3H3,(H,22,25). The van der Waals surface area contributed by atoms with E-state index in [0.717, 1.165) is 33.5 Å². The van der Waals surface area contributed by atoms with Crippen LogP contribution in [0.1, 0.15) is 16.7 Å². The van der Waals surface area contributed by atoms with E-state index in [0.29, 0.717) is 5.69 Å². The van der Waals surface area contributed by atoms with Crippen molar-refractivity contribution in [2.75, 3.05) is 5.32 Å². The van der Waals surface area contributed by atoms with Gasteiger partial charge in [-0.25, -0.2) is 13.1 Å². The van der Waals surface area contributed by atoms with Crippen LogP contribution in [0.5, 0.6) is 0 Å². The van der Waals surface area contributed by atoms with E-state index in [1.165, 1.54) is 12.1 Å². The Morgan fingerprint density at radius 3 is 2.28 bits per heavy atom. The zero-order chi connectivity index (χ0) is 21.2. The summed E-state index contributed by atoms with van der Waals surface area (Å²) in [5.74, 6) is -0.476. The molecule has 0 aliphatic heterocycles. The predicted molar refractivity (Wildman–Crippen MR) is 110 cm³/mol. The predicted octanol–water partition coefficient (Wildman–Crippen LogP) is 2.64. The zero-order valence-electron chi connectivity index (χ0n) is 16.3. The highest BCUT2D eigenvalue weighted by Gasteiger charge is 2.21. The highest BCUT2D eigenvalue weighted by Crippen LogP contribution is 2.19. The minimum Gasteiger partial charge on any atom is -0.324 e. The number of amides is 1. The number of nitrogens with zero attached hydrogens (tertiary/aromatic N) is 2. The minimum absolute atomic E-state index is 0.0699. The van der Waals surface area contributed by atoms with Crippen LogP contribution < -0.4 is 10.9 Å². The highest BCUT2D eigenvalue weighted by molar-refractivity contribution is 7.91. The summed E-state index contributed by atoms with van der Waals surface area (Å²) in [6.45, 7) is 5.26. The summed E-state index contributed by atoms with van der Waals surface area (Å²) in [6, 6.07) is 14.1. The van der Waals surface area contributed by atoms with Gasteiger partial charge in [-0.3, -0.25) is 9.59 Å². The lowest BCUT2D eigenvalue weighted by atomic mass is 10.1. The van der Waals surface area contributed by atoms with Gasteiger partial charge >= 0.3 is 0 Å². The molecule has 1 amide bonds. The maximum absolute atomic E-state index is 12.8. The third kappa shape index (κ3) is 4.60. The third-order valence-corrected chi connectivity index (χ3v) is 6.06. The first-order valence-corrected chi connectivity index (χ1v) is 10.4. The van der Waals surface area contributed by atoms with Gasteiger partial charge in [0.15, 0.2) is 5.03 Å². The zero-order valence-corrected chi connectivity index (χ0v) is 17.2. The van der Waals surface area contributed by atoms with Crippen LogP contribution in [0.15, 0.2) is 69.3 Å². The molecular weight excluding hydrogens is 390 g/mol. The molecule has 1 aromatic heterocycles. The molecule has 8 heteroatoms. The molecular formula is C21H21N3O4S. The van der Waals surface area contributed by atoms with Crippen molar-refractivity contribution in [1.82, 2.24) is 9.78 Å². The van der Waals surface area contributed by atoms with Gasteiger partial charge in [-0.15, -0.1) is 0 Å². The van der Waals surface area contributed by atoms with Gasteiger partial charge in [0.1, 0.15) is 6.54 Å². The number of hydrogen-bond acceptors (Lipinski definition) is 5. The number of anilines is 1. The second-order valence-electron chi connectivity index (χ2n) is 6.85. The molecule has 0 unspecified atom stereocenters. The molecule has 0 fully saturated rings. The highest BCUT2D eigenvalue weighted by atomic mass is 32.2. The summed E-state index contributed by atoms with van der Waals surface area (Å²) in [6.07, 6.45) is 0. The van der Waals surface area contributed by atoms with Crippen molar-refractivity contribution in [2.24, 2.45) is 0 Å². The number of aryl methyl sites for hydroxylation is 3. The summed E-state index contributed by atoms with van der Waals surface area (Å²) in [5.41, 5.74) is 2.92. The molecule has 0 atom stereocenters. The van der Waals surface area contributed by atoms with Crippen LogP contribution >= 0.6 is 0 Å². The van der Waals surface area contributed by atoms with Gasteiger partial charge in [-0.1, -0.05) is 35.4 Å². The van der Waals surface area contributed by atoms with Gasteiger partial charge in [0.2, 0.25) is 15.7 Å². The molecule has 150 valence electrons. The van der Waals surface area contributed by atoms with E-state index in [1.54, 1.807) is 18.2 Å². The van der Waals surface area contributed by atoms with Crippen molar-refractivity contribution in [3.8, 4) is 0 Å². The Kier molecular flexibility index (Phi) is 5.65. The normalized spacial score (nSPS) is 11.3. The molecule has 0 bridgehead atoms. The monoisotopic (exact) mass is 411 g/mol. The van der Waals surface area contributed by atoms with E-state index in [-0.39, 0.29) is 9.92 Å². The Bertz CT molecular complexity index is 1230. The fraction of sp³-hybridized carbons (Fsp3) is 0.190. The van der Waals surface area contributed by atoms with E-state index in [2.05, 4.69) is 10.4 Å².